The van der Waals surface area contributed by atoms with Crippen LogP contribution in [-0.2, 0) is 42.6 Å². The minimum atomic E-state index is -1.71. The number of methoxy groups -OCH3 is 1. The van der Waals surface area contributed by atoms with Crippen LogP contribution in [-0.4, -0.2) is 183 Å². The molecule has 5 saturated heterocycles. The van der Waals surface area contributed by atoms with Crippen molar-refractivity contribution in [3.8, 4) is 0 Å². The molecule has 9 rings (SSSR count). The summed E-state index contributed by atoms with van der Waals surface area (Å²) in [6, 6.07) is 0. The topological polar surface area (TPSA) is 265 Å². The summed E-state index contributed by atoms with van der Waals surface area (Å²) in [7, 11) is 1.72. The van der Waals surface area contributed by atoms with Gasteiger partial charge in [-0.3, -0.25) is 0 Å². The highest BCUT2D eigenvalue weighted by molar-refractivity contribution is 5.26. The normalized spacial score (nSPS) is 57.4. The molecule has 0 unspecified atom stereocenters. The Morgan fingerprint density at radius 1 is 0.688 bits per heavy atom. The van der Waals surface area contributed by atoms with Crippen LogP contribution in [0.25, 0.3) is 0 Å². The molecule has 0 aromatic carbocycles. The molecule has 5 aliphatic heterocycles. The van der Waals surface area contributed by atoms with Crippen LogP contribution in [0.15, 0.2) is 11.6 Å². The number of hydrogen-bond donors (Lipinski definition) is 9. The van der Waals surface area contributed by atoms with E-state index in [4.69, 9.17) is 42.6 Å². The van der Waals surface area contributed by atoms with Crippen LogP contribution in [0.2, 0.25) is 0 Å². The first-order valence-corrected chi connectivity index (χ1v) is 23.9. The third-order valence-corrected chi connectivity index (χ3v) is 18.0. The minimum absolute atomic E-state index is 0.0578. The van der Waals surface area contributed by atoms with Crippen molar-refractivity contribution in [3.63, 3.8) is 0 Å². The molecule has 0 aromatic heterocycles. The zero-order chi connectivity index (χ0) is 45.8. The largest absolute Gasteiger partial charge is 0.394 e. The summed E-state index contributed by atoms with van der Waals surface area (Å²) in [5, 5.41) is 95.5. The van der Waals surface area contributed by atoms with Crippen molar-refractivity contribution in [1.82, 2.24) is 0 Å². The summed E-state index contributed by atoms with van der Waals surface area (Å²) in [4.78, 5) is 0. The quantitative estimate of drug-likeness (QED) is 0.140. The van der Waals surface area contributed by atoms with Crippen molar-refractivity contribution in [2.75, 3.05) is 20.3 Å². The lowest BCUT2D eigenvalue weighted by molar-refractivity contribution is -0.375. The summed E-state index contributed by atoms with van der Waals surface area (Å²) in [6.07, 6.45) is -12.3. The van der Waals surface area contributed by atoms with E-state index in [0.29, 0.717) is 42.4 Å². The molecule has 9 aliphatic rings. The molecular weight excluding hydrogens is 840 g/mol. The molecule has 27 atom stereocenters. The van der Waals surface area contributed by atoms with Gasteiger partial charge in [0.25, 0.3) is 0 Å². The third-order valence-electron chi connectivity index (χ3n) is 18.0. The highest BCUT2D eigenvalue weighted by Gasteiger charge is 2.69. The van der Waals surface area contributed by atoms with E-state index in [9.17, 15) is 46.0 Å². The first-order valence-electron chi connectivity index (χ1n) is 23.9. The molecule has 64 heavy (non-hydrogen) atoms. The summed E-state index contributed by atoms with van der Waals surface area (Å²) >= 11 is 0. The van der Waals surface area contributed by atoms with E-state index < -0.39 is 117 Å². The van der Waals surface area contributed by atoms with Gasteiger partial charge in [-0.25, -0.2) is 0 Å². The molecule has 1 spiro atoms. The van der Waals surface area contributed by atoms with E-state index >= 15 is 0 Å². The highest BCUT2D eigenvalue weighted by atomic mass is 16.8. The van der Waals surface area contributed by atoms with Crippen LogP contribution in [0.5, 0.6) is 0 Å². The SMILES string of the molecule is CO[C@@H]1O[C@@]2(CC[C@H]1C)O[C@H]1C[C@H]3[C@@H]4CC=C5C[C@@H](O[C@H]6O[C@@H](CO[C@H]7O[C@@H](CO)[C@H](O)[C@@H](O)[C@@H]7O)[C@H](O)[C@@H](O)[C@@H]6O[C@H]6O[C@@H](C)[C@H](O)[C@@H](O)[C@@H]6O)CC[C@]5(C)[C@H]4CC[C@]3(C)[C@H]1[C@H]2C. The Balaban J connectivity index is 0.901. The van der Waals surface area contributed by atoms with Crippen LogP contribution < -0.4 is 0 Å². The number of ether oxygens (including phenoxy) is 9. The smallest absolute Gasteiger partial charge is 0.187 e. The lowest BCUT2D eigenvalue weighted by Crippen LogP contribution is -2.65. The second-order valence-electron chi connectivity index (χ2n) is 21.4. The molecule has 5 heterocycles. The van der Waals surface area contributed by atoms with Gasteiger partial charge in [-0.1, -0.05) is 39.3 Å². The molecule has 0 radical (unpaired) electrons. The number of fused-ring (bicyclic) bond motifs is 7. The second kappa shape index (κ2) is 18.1. The predicted molar refractivity (Wildman–Crippen MR) is 220 cm³/mol. The van der Waals surface area contributed by atoms with Crippen molar-refractivity contribution in [2.24, 2.45) is 46.3 Å². The van der Waals surface area contributed by atoms with Crippen LogP contribution in [0.4, 0.5) is 0 Å². The van der Waals surface area contributed by atoms with Gasteiger partial charge < -0.3 is 88.6 Å². The molecular formula is C46H74O18. The fourth-order valence-corrected chi connectivity index (χ4v) is 14.2. The monoisotopic (exact) mass is 914 g/mol. The number of hydrogen-bond acceptors (Lipinski definition) is 18. The van der Waals surface area contributed by atoms with E-state index in [1.54, 1.807) is 7.11 Å². The first kappa shape index (κ1) is 48.1. The molecule has 9 N–H and O–H groups in total. The highest BCUT2D eigenvalue weighted by Crippen LogP contribution is 2.71. The number of allylic oxidation sites excluding steroid dienone is 1. The Kier molecular flexibility index (Phi) is 13.6. The molecule has 18 heteroatoms. The van der Waals surface area contributed by atoms with Crippen molar-refractivity contribution in [2.45, 2.75) is 209 Å². The van der Waals surface area contributed by atoms with Gasteiger partial charge in [0.05, 0.1) is 31.5 Å². The Morgan fingerprint density at radius 3 is 2.12 bits per heavy atom. The Bertz CT molecular complexity index is 1670. The van der Waals surface area contributed by atoms with Gasteiger partial charge in [-0.2, -0.15) is 0 Å². The Morgan fingerprint density at radius 2 is 1.39 bits per heavy atom. The lowest BCUT2D eigenvalue weighted by atomic mass is 9.47. The predicted octanol–water partition coefficient (Wildman–Crippen LogP) is 0.187. The van der Waals surface area contributed by atoms with Gasteiger partial charge in [0, 0.05) is 25.4 Å². The lowest BCUT2D eigenvalue weighted by Gasteiger charge is -2.59. The van der Waals surface area contributed by atoms with Gasteiger partial charge >= 0.3 is 0 Å². The summed E-state index contributed by atoms with van der Waals surface area (Å²) < 4.78 is 55.5. The Labute approximate surface area is 375 Å². The van der Waals surface area contributed by atoms with Crippen LogP contribution in [0, 0.1) is 46.3 Å². The van der Waals surface area contributed by atoms with Gasteiger partial charge in [-0.05, 0) is 92.8 Å². The standard InChI is InChI=1S/C46H74O18/c1-19-9-14-46(64-40(19)56-6)20(2)30-27(63-46)16-26-24-8-7-22-15-23(10-12-44(22,4)25(24)11-13-45(26,30)5)59-43-39(62-42-38(55)34(51)31(48)21(3)58-42)36(53)33(50)29(61-43)18-57-41-37(54)35(52)32(49)28(17-47)60-41/h7,19-21,23-43,47-55H,8-18H2,1-6H3/t19-,20-,21+,23+,24-,25+,26+,27+,28+,29+,30+,31+,32+,33+,34-,35-,36-,37+,38+,39+,40-,41+,42-,43+,44+,45+,46-/m1/s1. The number of aliphatic hydroxyl groups is 9. The Hall–Kier alpha value is -0.980. The van der Waals surface area contributed by atoms with E-state index in [1.807, 2.05) is 0 Å². The minimum Gasteiger partial charge on any atom is -0.394 e. The molecule has 0 aromatic rings. The van der Waals surface area contributed by atoms with Crippen molar-refractivity contribution >= 4 is 0 Å². The second-order valence-corrected chi connectivity index (χ2v) is 21.4. The molecule has 0 amide bonds. The molecule has 18 nitrogen and oxygen atoms in total. The van der Waals surface area contributed by atoms with Gasteiger partial charge in [0.2, 0.25) is 0 Å². The average Bonchev–Trinajstić information content (AvgIpc) is 3.72. The number of aliphatic hydroxyl groups excluding tert-OH is 9. The zero-order valence-corrected chi connectivity index (χ0v) is 37.9. The fraction of sp³-hybridized carbons (Fsp3) is 0.957. The third kappa shape index (κ3) is 7.88. The maximum absolute atomic E-state index is 11.6. The first-order chi connectivity index (χ1) is 30.3. The van der Waals surface area contributed by atoms with Crippen LogP contribution >= 0.6 is 0 Å². The zero-order valence-electron chi connectivity index (χ0n) is 37.9. The van der Waals surface area contributed by atoms with Gasteiger partial charge in [0.1, 0.15) is 67.1 Å². The van der Waals surface area contributed by atoms with Crippen LogP contribution in [0.3, 0.4) is 0 Å². The maximum atomic E-state index is 11.6. The van der Waals surface area contributed by atoms with E-state index in [-0.39, 0.29) is 29.1 Å². The van der Waals surface area contributed by atoms with E-state index in [1.165, 1.54) is 12.5 Å². The summed E-state index contributed by atoms with van der Waals surface area (Å²) in [5.41, 5.74) is 1.39. The van der Waals surface area contributed by atoms with Gasteiger partial charge in [0.15, 0.2) is 30.9 Å². The number of rotatable bonds is 9. The van der Waals surface area contributed by atoms with E-state index in [0.717, 1.165) is 44.9 Å². The van der Waals surface area contributed by atoms with Gasteiger partial charge in [-0.15, -0.1) is 0 Å². The van der Waals surface area contributed by atoms with Crippen LogP contribution in [0.1, 0.15) is 92.4 Å². The average molecular weight is 915 g/mol. The van der Waals surface area contributed by atoms with Crippen molar-refractivity contribution in [1.29, 1.82) is 0 Å². The maximum Gasteiger partial charge on any atom is 0.187 e. The summed E-state index contributed by atoms with van der Waals surface area (Å²) in [5.74, 6) is 1.91. The van der Waals surface area contributed by atoms with E-state index in [2.05, 4.69) is 33.8 Å². The van der Waals surface area contributed by atoms with Crippen molar-refractivity contribution in [3.05, 3.63) is 11.6 Å². The molecule has 0 bridgehead atoms. The van der Waals surface area contributed by atoms with Crippen molar-refractivity contribution < 1.29 is 88.6 Å². The molecule has 3 saturated carbocycles. The molecule has 8 fully saturated rings. The molecule has 366 valence electrons. The fourth-order valence-electron chi connectivity index (χ4n) is 14.2. The summed E-state index contributed by atoms with van der Waals surface area (Å²) in [6.45, 7) is 9.79. The molecule has 4 aliphatic carbocycles.